The van der Waals surface area contributed by atoms with Crippen molar-refractivity contribution >= 4 is 23.2 Å². The average molecular weight is 352 g/mol. The molecular weight excluding hydrogens is 328 g/mol. The molecule has 0 saturated carbocycles. The average Bonchev–Trinajstić information content (AvgIpc) is 3.01. The molecule has 0 unspecified atom stereocenters. The summed E-state index contributed by atoms with van der Waals surface area (Å²) < 4.78 is 5.25. The van der Waals surface area contributed by atoms with Gasteiger partial charge in [0.1, 0.15) is 5.75 Å². The summed E-state index contributed by atoms with van der Waals surface area (Å²) in [6.45, 7) is 4.69. The van der Waals surface area contributed by atoms with Crippen molar-refractivity contribution in [3.05, 3.63) is 53.1 Å². The van der Waals surface area contributed by atoms with Crippen LogP contribution in [-0.4, -0.2) is 25.5 Å². The normalized spacial score (nSPS) is 13.8. The quantitative estimate of drug-likeness (QED) is 0.894. The molecule has 3 rings (SSSR count). The lowest BCUT2D eigenvalue weighted by Crippen LogP contribution is -2.24. The van der Waals surface area contributed by atoms with Crippen LogP contribution in [0.15, 0.2) is 36.4 Å². The van der Waals surface area contributed by atoms with Gasteiger partial charge in [0, 0.05) is 24.3 Å². The first-order valence-electron chi connectivity index (χ1n) is 8.82. The van der Waals surface area contributed by atoms with Gasteiger partial charge < -0.3 is 15.0 Å². The topological polar surface area (TPSA) is 58.6 Å². The first-order valence-corrected chi connectivity index (χ1v) is 8.82. The summed E-state index contributed by atoms with van der Waals surface area (Å²) in [6, 6.07) is 11.4. The van der Waals surface area contributed by atoms with E-state index >= 15 is 0 Å². The fourth-order valence-corrected chi connectivity index (χ4v) is 3.38. The van der Waals surface area contributed by atoms with Gasteiger partial charge in [0.25, 0.3) is 0 Å². The highest BCUT2D eigenvalue weighted by Crippen LogP contribution is 2.27. The summed E-state index contributed by atoms with van der Waals surface area (Å²) in [5, 5.41) is 2.93. The predicted octanol–water partition coefficient (Wildman–Crippen LogP) is 3.62. The molecule has 1 fully saturated rings. The van der Waals surface area contributed by atoms with Crippen molar-refractivity contribution in [2.75, 3.05) is 23.9 Å². The van der Waals surface area contributed by atoms with Crippen LogP contribution in [0.1, 0.15) is 29.5 Å². The molecule has 0 radical (unpaired) electrons. The van der Waals surface area contributed by atoms with Crippen LogP contribution in [0.25, 0.3) is 0 Å². The lowest BCUT2D eigenvalue weighted by atomic mass is 10.1. The van der Waals surface area contributed by atoms with Gasteiger partial charge in [-0.15, -0.1) is 0 Å². The highest BCUT2D eigenvalue weighted by atomic mass is 16.5. The number of methoxy groups -OCH3 is 1. The van der Waals surface area contributed by atoms with Crippen LogP contribution in [-0.2, 0) is 16.0 Å². The Balaban J connectivity index is 1.67. The summed E-state index contributed by atoms with van der Waals surface area (Å²) in [5.74, 6) is 0.913. The van der Waals surface area contributed by atoms with Gasteiger partial charge in [-0.3, -0.25) is 9.59 Å². The van der Waals surface area contributed by atoms with Crippen molar-refractivity contribution in [1.29, 1.82) is 0 Å². The van der Waals surface area contributed by atoms with Crippen molar-refractivity contribution in [2.45, 2.75) is 33.1 Å². The SMILES string of the molecule is COc1ccc(CC(=O)Nc2ccc(N3CCCC3=O)c(C)c2)cc1C. The molecule has 0 aromatic heterocycles. The van der Waals surface area contributed by atoms with Gasteiger partial charge in [0.15, 0.2) is 0 Å². The van der Waals surface area contributed by atoms with Crippen molar-refractivity contribution < 1.29 is 14.3 Å². The largest absolute Gasteiger partial charge is 0.496 e. The van der Waals surface area contributed by atoms with E-state index in [0.717, 1.165) is 46.8 Å². The summed E-state index contributed by atoms with van der Waals surface area (Å²) in [5.41, 5.74) is 4.60. The Morgan fingerprint density at radius 3 is 2.58 bits per heavy atom. The van der Waals surface area contributed by atoms with E-state index in [2.05, 4.69) is 5.32 Å². The first-order chi connectivity index (χ1) is 12.5. The van der Waals surface area contributed by atoms with E-state index in [1.54, 1.807) is 7.11 Å². The number of hydrogen-bond donors (Lipinski definition) is 1. The molecule has 1 N–H and O–H groups in total. The van der Waals surface area contributed by atoms with E-state index in [0.29, 0.717) is 12.8 Å². The number of nitrogens with zero attached hydrogens (tertiary/aromatic N) is 1. The molecule has 5 heteroatoms. The third-order valence-corrected chi connectivity index (χ3v) is 4.67. The molecule has 2 amide bonds. The lowest BCUT2D eigenvalue weighted by Gasteiger charge is -2.19. The van der Waals surface area contributed by atoms with E-state index in [1.807, 2.05) is 55.1 Å². The van der Waals surface area contributed by atoms with Gasteiger partial charge in [0.05, 0.1) is 13.5 Å². The Bertz CT molecular complexity index is 845. The van der Waals surface area contributed by atoms with Crippen molar-refractivity contribution in [1.82, 2.24) is 0 Å². The number of carbonyl (C=O) groups is 2. The third kappa shape index (κ3) is 3.87. The van der Waals surface area contributed by atoms with Crippen LogP contribution < -0.4 is 15.0 Å². The second-order valence-electron chi connectivity index (χ2n) is 6.68. The van der Waals surface area contributed by atoms with Gasteiger partial charge in [0.2, 0.25) is 11.8 Å². The van der Waals surface area contributed by atoms with E-state index in [4.69, 9.17) is 4.74 Å². The van der Waals surface area contributed by atoms with Gasteiger partial charge in [-0.2, -0.15) is 0 Å². The molecule has 5 nitrogen and oxygen atoms in total. The standard InChI is InChI=1S/C21H24N2O3/c1-14-12-17(7-8-18(14)23-10-4-5-21(23)25)22-20(24)13-16-6-9-19(26-3)15(2)11-16/h6-9,11-12H,4-5,10,13H2,1-3H3,(H,22,24). The molecule has 2 aromatic carbocycles. The van der Waals surface area contributed by atoms with Crippen molar-refractivity contribution in [2.24, 2.45) is 0 Å². The molecule has 0 aliphatic carbocycles. The maximum Gasteiger partial charge on any atom is 0.228 e. The van der Waals surface area contributed by atoms with Gasteiger partial charge in [-0.1, -0.05) is 12.1 Å². The van der Waals surface area contributed by atoms with Crippen LogP contribution in [0.4, 0.5) is 11.4 Å². The molecule has 2 aromatic rings. The maximum atomic E-state index is 12.3. The van der Waals surface area contributed by atoms with Crippen molar-refractivity contribution in [3.63, 3.8) is 0 Å². The van der Waals surface area contributed by atoms with Gasteiger partial charge in [-0.05, 0) is 61.2 Å². The maximum absolute atomic E-state index is 12.3. The molecule has 1 heterocycles. The number of ether oxygens (including phenoxy) is 1. The summed E-state index contributed by atoms with van der Waals surface area (Å²) >= 11 is 0. The Kier molecular flexibility index (Phi) is 5.26. The van der Waals surface area contributed by atoms with E-state index in [9.17, 15) is 9.59 Å². The summed E-state index contributed by atoms with van der Waals surface area (Å²) in [7, 11) is 1.64. The highest BCUT2D eigenvalue weighted by Gasteiger charge is 2.23. The number of benzene rings is 2. The second kappa shape index (κ2) is 7.60. The number of hydrogen-bond acceptors (Lipinski definition) is 3. The molecular formula is C21H24N2O3. The Hall–Kier alpha value is -2.82. The van der Waals surface area contributed by atoms with Crippen LogP contribution in [0.2, 0.25) is 0 Å². The smallest absolute Gasteiger partial charge is 0.228 e. The summed E-state index contributed by atoms with van der Waals surface area (Å²) in [4.78, 5) is 26.1. The fraction of sp³-hybridized carbons (Fsp3) is 0.333. The van der Waals surface area contributed by atoms with Crippen LogP contribution in [0.5, 0.6) is 5.75 Å². The van der Waals surface area contributed by atoms with E-state index < -0.39 is 0 Å². The van der Waals surface area contributed by atoms with Crippen LogP contribution in [0, 0.1) is 13.8 Å². The molecule has 136 valence electrons. The Labute approximate surface area is 154 Å². The molecule has 26 heavy (non-hydrogen) atoms. The number of amides is 2. The fourth-order valence-electron chi connectivity index (χ4n) is 3.38. The molecule has 1 aliphatic rings. The molecule has 0 bridgehead atoms. The monoisotopic (exact) mass is 352 g/mol. The Morgan fingerprint density at radius 2 is 1.96 bits per heavy atom. The van der Waals surface area contributed by atoms with Gasteiger partial charge >= 0.3 is 0 Å². The molecule has 0 atom stereocenters. The minimum atomic E-state index is -0.0704. The summed E-state index contributed by atoms with van der Waals surface area (Å²) in [6.07, 6.45) is 1.81. The minimum Gasteiger partial charge on any atom is -0.496 e. The molecule has 1 aliphatic heterocycles. The van der Waals surface area contributed by atoms with Crippen LogP contribution in [0.3, 0.4) is 0 Å². The zero-order valence-electron chi connectivity index (χ0n) is 15.5. The minimum absolute atomic E-state index is 0.0704. The zero-order chi connectivity index (χ0) is 18.7. The van der Waals surface area contributed by atoms with E-state index in [-0.39, 0.29) is 11.8 Å². The number of nitrogens with one attached hydrogen (secondary N) is 1. The number of carbonyl (C=O) groups excluding carboxylic acids is 2. The van der Waals surface area contributed by atoms with Gasteiger partial charge in [-0.25, -0.2) is 0 Å². The van der Waals surface area contributed by atoms with Crippen LogP contribution >= 0.6 is 0 Å². The van der Waals surface area contributed by atoms with E-state index in [1.165, 1.54) is 0 Å². The molecule has 1 saturated heterocycles. The molecule has 0 spiro atoms. The van der Waals surface area contributed by atoms with Crippen molar-refractivity contribution in [3.8, 4) is 5.75 Å². The second-order valence-corrected chi connectivity index (χ2v) is 6.68. The number of anilines is 2. The number of rotatable bonds is 5. The highest BCUT2D eigenvalue weighted by molar-refractivity contribution is 5.97. The lowest BCUT2D eigenvalue weighted by molar-refractivity contribution is -0.117. The third-order valence-electron chi connectivity index (χ3n) is 4.67. The Morgan fingerprint density at radius 1 is 1.15 bits per heavy atom. The predicted molar refractivity (Wildman–Crippen MR) is 103 cm³/mol. The number of aryl methyl sites for hydroxylation is 2. The zero-order valence-corrected chi connectivity index (χ0v) is 15.5. The first kappa shape index (κ1) is 18.0.